The van der Waals surface area contributed by atoms with Crippen molar-refractivity contribution in [3.05, 3.63) is 59.7 Å². The summed E-state index contributed by atoms with van der Waals surface area (Å²) >= 11 is 0. The summed E-state index contributed by atoms with van der Waals surface area (Å²) in [4.78, 5) is 22.0. The molecular weight excluding hydrogens is 316 g/mol. The van der Waals surface area contributed by atoms with Crippen LogP contribution in [0.5, 0.6) is 11.5 Å². The first-order valence-corrected chi connectivity index (χ1v) is 8.42. The highest BCUT2D eigenvalue weighted by Gasteiger charge is 2.09. The summed E-state index contributed by atoms with van der Waals surface area (Å²) in [6, 6.07) is 15.5. The van der Waals surface area contributed by atoms with Crippen LogP contribution in [0.15, 0.2) is 48.5 Å². The number of nitrogens with two attached hydrogens (primary N) is 1. The zero-order valence-corrected chi connectivity index (χ0v) is 14.5. The SMILES string of the molecule is CC(=O)NCCCc1ccccc1Oc1ccccc1CCC(N)=O. The Morgan fingerprint density at radius 3 is 2.08 bits per heavy atom. The quantitative estimate of drug-likeness (QED) is 0.689. The number of rotatable bonds is 9. The maximum Gasteiger partial charge on any atom is 0.217 e. The number of primary amides is 1. The van der Waals surface area contributed by atoms with Gasteiger partial charge in [-0.25, -0.2) is 0 Å². The molecule has 0 aromatic heterocycles. The standard InChI is InChI=1S/C20H24N2O3/c1-15(23)22-14-6-9-16-7-2-4-10-18(16)25-19-11-5-3-8-17(19)12-13-20(21)24/h2-5,7-8,10-11H,6,9,12-14H2,1H3,(H2,21,24)(H,22,23). The fourth-order valence-corrected chi connectivity index (χ4v) is 2.54. The van der Waals surface area contributed by atoms with E-state index in [0.717, 1.165) is 35.5 Å². The average Bonchev–Trinajstić information content (AvgIpc) is 2.59. The molecule has 0 saturated heterocycles. The first-order chi connectivity index (χ1) is 12.1. The van der Waals surface area contributed by atoms with Crippen LogP contribution in [0, 0.1) is 0 Å². The molecule has 3 N–H and O–H groups in total. The maximum atomic E-state index is 11.0. The van der Waals surface area contributed by atoms with E-state index in [2.05, 4.69) is 5.32 Å². The van der Waals surface area contributed by atoms with Gasteiger partial charge in [-0.05, 0) is 42.5 Å². The molecule has 0 bridgehead atoms. The van der Waals surface area contributed by atoms with Gasteiger partial charge in [0.25, 0.3) is 0 Å². The molecule has 0 aliphatic carbocycles. The highest BCUT2D eigenvalue weighted by atomic mass is 16.5. The van der Waals surface area contributed by atoms with Gasteiger partial charge in [-0.15, -0.1) is 0 Å². The van der Waals surface area contributed by atoms with Crippen molar-refractivity contribution in [1.82, 2.24) is 5.32 Å². The van der Waals surface area contributed by atoms with Crippen LogP contribution in [0.3, 0.4) is 0 Å². The Balaban J connectivity index is 2.07. The lowest BCUT2D eigenvalue weighted by molar-refractivity contribution is -0.119. The van der Waals surface area contributed by atoms with Crippen molar-refractivity contribution in [2.45, 2.75) is 32.6 Å². The van der Waals surface area contributed by atoms with Crippen molar-refractivity contribution < 1.29 is 14.3 Å². The van der Waals surface area contributed by atoms with E-state index >= 15 is 0 Å². The average molecular weight is 340 g/mol. The van der Waals surface area contributed by atoms with Crippen molar-refractivity contribution in [3.8, 4) is 11.5 Å². The normalized spacial score (nSPS) is 10.3. The number of benzene rings is 2. The third-order valence-corrected chi connectivity index (χ3v) is 3.80. The molecule has 5 heteroatoms. The third kappa shape index (κ3) is 6.30. The van der Waals surface area contributed by atoms with E-state index in [-0.39, 0.29) is 11.8 Å². The Morgan fingerprint density at radius 1 is 0.960 bits per heavy atom. The molecule has 0 aliphatic heterocycles. The molecule has 0 atom stereocenters. The third-order valence-electron chi connectivity index (χ3n) is 3.80. The minimum Gasteiger partial charge on any atom is -0.457 e. The number of ether oxygens (including phenoxy) is 1. The number of carbonyl (C=O) groups is 2. The number of amides is 2. The van der Waals surface area contributed by atoms with Gasteiger partial charge >= 0.3 is 0 Å². The van der Waals surface area contributed by atoms with E-state index in [1.807, 2.05) is 48.5 Å². The van der Waals surface area contributed by atoms with Crippen LogP contribution in [-0.2, 0) is 22.4 Å². The fourth-order valence-electron chi connectivity index (χ4n) is 2.54. The summed E-state index contributed by atoms with van der Waals surface area (Å²) in [7, 11) is 0. The van der Waals surface area contributed by atoms with Gasteiger partial charge in [0.15, 0.2) is 0 Å². The van der Waals surface area contributed by atoms with Crippen molar-refractivity contribution in [2.75, 3.05) is 6.54 Å². The van der Waals surface area contributed by atoms with E-state index in [9.17, 15) is 9.59 Å². The maximum absolute atomic E-state index is 11.0. The number of hydrogen-bond acceptors (Lipinski definition) is 3. The van der Waals surface area contributed by atoms with Gasteiger partial charge in [0.2, 0.25) is 11.8 Å². The van der Waals surface area contributed by atoms with Crippen LogP contribution in [-0.4, -0.2) is 18.4 Å². The summed E-state index contributed by atoms with van der Waals surface area (Å²) in [6.45, 7) is 2.15. The fraction of sp³-hybridized carbons (Fsp3) is 0.300. The van der Waals surface area contributed by atoms with Crippen molar-refractivity contribution in [3.63, 3.8) is 0 Å². The van der Waals surface area contributed by atoms with Crippen LogP contribution in [0.25, 0.3) is 0 Å². The molecule has 2 aromatic rings. The minimum atomic E-state index is -0.326. The molecule has 5 nitrogen and oxygen atoms in total. The second kappa shape index (κ2) is 9.47. The summed E-state index contributed by atoms with van der Waals surface area (Å²) in [5.74, 6) is 1.18. The molecule has 0 radical (unpaired) electrons. The molecule has 2 rings (SSSR count). The first kappa shape index (κ1) is 18.5. The van der Waals surface area contributed by atoms with E-state index in [1.165, 1.54) is 6.92 Å². The Hall–Kier alpha value is -2.82. The lowest BCUT2D eigenvalue weighted by Gasteiger charge is -2.14. The number of para-hydroxylation sites is 2. The highest BCUT2D eigenvalue weighted by Crippen LogP contribution is 2.29. The van der Waals surface area contributed by atoms with Crippen molar-refractivity contribution >= 4 is 11.8 Å². The summed E-state index contributed by atoms with van der Waals surface area (Å²) < 4.78 is 6.11. The second-order valence-corrected chi connectivity index (χ2v) is 5.87. The van der Waals surface area contributed by atoms with Gasteiger partial charge in [0.05, 0.1) is 0 Å². The van der Waals surface area contributed by atoms with E-state index in [4.69, 9.17) is 10.5 Å². The lowest BCUT2D eigenvalue weighted by Crippen LogP contribution is -2.21. The lowest BCUT2D eigenvalue weighted by atomic mass is 10.1. The van der Waals surface area contributed by atoms with Gasteiger partial charge in [-0.2, -0.15) is 0 Å². The molecule has 0 aliphatic rings. The van der Waals surface area contributed by atoms with Crippen molar-refractivity contribution in [1.29, 1.82) is 0 Å². The van der Waals surface area contributed by atoms with E-state index < -0.39 is 0 Å². The summed E-state index contributed by atoms with van der Waals surface area (Å²) in [6.07, 6.45) is 2.48. The molecular formula is C20H24N2O3. The number of aryl methyl sites for hydroxylation is 2. The van der Waals surface area contributed by atoms with Crippen LogP contribution in [0.1, 0.15) is 30.9 Å². The number of hydrogen-bond donors (Lipinski definition) is 2. The smallest absolute Gasteiger partial charge is 0.217 e. The molecule has 0 fully saturated rings. The molecule has 2 aromatic carbocycles. The molecule has 2 amide bonds. The van der Waals surface area contributed by atoms with Crippen molar-refractivity contribution in [2.24, 2.45) is 5.73 Å². The Bertz CT molecular complexity index is 728. The predicted molar refractivity (Wildman–Crippen MR) is 97.5 cm³/mol. The Kier molecular flexibility index (Phi) is 7.01. The van der Waals surface area contributed by atoms with E-state index in [0.29, 0.717) is 19.4 Å². The zero-order valence-electron chi connectivity index (χ0n) is 14.5. The molecule has 0 spiro atoms. The van der Waals surface area contributed by atoms with Gasteiger partial charge < -0.3 is 15.8 Å². The number of nitrogens with one attached hydrogen (secondary N) is 1. The predicted octanol–water partition coefficient (Wildman–Crippen LogP) is 2.97. The number of carbonyl (C=O) groups excluding carboxylic acids is 2. The monoisotopic (exact) mass is 340 g/mol. The van der Waals surface area contributed by atoms with Crippen LogP contribution in [0.2, 0.25) is 0 Å². The summed E-state index contributed by atoms with van der Waals surface area (Å²) in [5.41, 5.74) is 7.28. The zero-order chi connectivity index (χ0) is 18.1. The topological polar surface area (TPSA) is 81.4 Å². The van der Waals surface area contributed by atoms with Crippen LogP contribution >= 0.6 is 0 Å². The second-order valence-electron chi connectivity index (χ2n) is 5.87. The van der Waals surface area contributed by atoms with Crippen LogP contribution in [0.4, 0.5) is 0 Å². The molecule has 132 valence electrons. The molecule has 25 heavy (non-hydrogen) atoms. The Labute approximate surface area is 148 Å². The largest absolute Gasteiger partial charge is 0.457 e. The first-order valence-electron chi connectivity index (χ1n) is 8.42. The Morgan fingerprint density at radius 2 is 1.52 bits per heavy atom. The van der Waals surface area contributed by atoms with Gasteiger partial charge in [-0.3, -0.25) is 9.59 Å². The molecule has 0 heterocycles. The molecule has 0 unspecified atom stereocenters. The van der Waals surface area contributed by atoms with E-state index in [1.54, 1.807) is 0 Å². The van der Waals surface area contributed by atoms with Gasteiger partial charge in [-0.1, -0.05) is 36.4 Å². The summed E-state index contributed by atoms with van der Waals surface area (Å²) in [5, 5.41) is 2.80. The highest BCUT2D eigenvalue weighted by molar-refractivity contribution is 5.74. The van der Waals surface area contributed by atoms with Gasteiger partial charge in [0, 0.05) is 19.9 Å². The molecule has 0 saturated carbocycles. The van der Waals surface area contributed by atoms with Crippen LogP contribution < -0.4 is 15.8 Å². The minimum absolute atomic E-state index is 0.0205. The van der Waals surface area contributed by atoms with Gasteiger partial charge in [0.1, 0.15) is 11.5 Å².